The molecule has 0 saturated carbocycles. The van der Waals surface area contributed by atoms with Gasteiger partial charge in [0.2, 0.25) is 5.91 Å². The molecule has 0 radical (unpaired) electrons. The SMILES string of the molecule is CCCNC(=O)CN1CCN(C(=O)c2ccsc2NC(=O)c2ccc(C(C)C)cc2)CC1. The van der Waals surface area contributed by atoms with Gasteiger partial charge in [0.15, 0.2) is 0 Å². The lowest BCUT2D eigenvalue weighted by Gasteiger charge is -2.34. The molecule has 2 heterocycles. The minimum atomic E-state index is -0.222. The number of carbonyl (C=O) groups is 3. The molecule has 0 aliphatic carbocycles. The van der Waals surface area contributed by atoms with Crippen LogP contribution in [0.5, 0.6) is 0 Å². The fraction of sp³-hybridized carbons (Fsp3) is 0.458. The van der Waals surface area contributed by atoms with E-state index in [1.165, 1.54) is 16.9 Å². The van der Waals surface area contributed by atoms with Crippen LogP contribution in [-0.4, -0.2) is 66.8 Å². The lowest BCUT2D eigenvalue weighted by Crippen LogP contribution is -2.51. The zero-order valence-electron chi connectivity index (χ0n) is 19.0. The van der Waals surface area contributed by atoms with Crippen molar-refractivity contribution in [2.45, 2.75) is 33.1 Å². The van der Waals surface area contributed by atoms with Gasteiger partial charge in [-0.05, 0) is 41.5 Å². The summed E-state index contributed by atoms with van der Waals surface area (Å²) in [7, 11) is 0. The van der Waals surface area contributed by atoms with Crippen molar-refractivity contribution in [2.24, 2.45) is 0 Å². The summed E-state index contributed by atoms with van der Waals surface area (Å²) in [4.78, 5) is 41.5. The van der Waals surface area contributed by atoms with E-state index < -0.39 is 0 Å². The average Bonchev–Trinajstić information content (AvgIpc) is 3.25. The largest absolute Gasteiger partial charge is 0.355 e. The van der Waals surface area contributed by atoms with E-state index in [1.807, 2.05) is 36.6 Å². The van der Waals surface area contributed by atoms with Gasteiger partial charge in [-0.1, -0.05) is 32.9 Å². The van der Waals surface area contributed by atoms with Gasteiger partial charge in [-0.15, -0.1) is 11.3 Å². The van der Waals surface area contributed by atoms with E-state index in [-0.39, 0.29) is 17.7 Å². The molecule has 2 N–H and O–H groups in total. The molecule has 0 unspecified atom stereocenters. The maximum atomic E-state index is 13.1. The third-order valence-corrected chi connectivity index (χ3v) is 6.39. The van der Waals surface area contributed by atoms with Gasteiger partial charge in [-0.2, -0.15) is 0 Å². The molecule has 1 aromatic heterocycles. The smallest absolute Gasteiger partial charge is 0.256 e. The summed E-state index contributed by atoms with van der Waals surface area (Å²) in [6.45, 7) is 9.70. The minimum Gasteiger partial charge on any atom is -0.355 e. The van der Waals surface area contributed by atoms with Crippen LogP contribution in [0.3, 0.4) is 0 Å². The monoisotopic (exact) mass is 456 g/mol. The summed E-state index contributed by atoms with van der Waals surface area (Å²) in [5.41, 5.74) is 2.25. The van der Waals surface area contributed by atoms with Crippen LogP contribution in [0.4, 0.5) is 5.00 Å². The summed E-state index contributed by atoms with van der Waals surface area (Å²) < 4.78 is 0. The first-order valence-corrected chi connectivity index (χ1v) is 12.0. The Hall–Kier alpha value is -2.71. The Balaban J connectivity index is 1.56. The number of nitrogens with zero attached hydrogens (tertiary/aromatic N) is 2. The number of thiophene rings is 1. The molecular weight excluding hydrogens is 424 g/mol. The molecule has 0 spiro atoms. The molecule has 3 amide bonds. The molecule has 1 aromatic carbocycles. The Morgan fingerprint density at radius 3 is 2.34 bits per heavy atom. The van der Waals surface area contributed by atoms with Gasteiger partial charge in [-0.25, -0.2) is 0 Å². The normalized spacial score (nSPS) is 14.4. The molecule has 7 nitrogen and oxygen atoms in total. The third kappa shape index (κ3) is 6.17. The molecule has 0 bridgehead atoms. The molecule has 0 atom stereocenters. The van der Waals surface area contributed by atoms with Crippen LogP contribution in [-0.2, 0) is 4.79 Å². The van der Waals surface area contributed by atoms with Crippen molar-refractivity contribution in [2.75, 3.05) is 44.6 Å². The Kier molecular flexibility index (Phi) is 8.41. The number of anilines is 1. The summed E-state index contributed by atoms with van der Waals surface area (Å²) >= 11 is 1.35. The van der Waals surface area contributed by atoms with Crippen LogP contribution >= 0.6 is 11.3 Å². The van der Waals surface area contributed by atoms with Gasteiger partial charge in [-0.3, -0.25) is 19.3 Å². The van der Waals surface area contributed by atoms with Gasteiger partial charge in [0.1, 0.15) is 5.00 Å². The quantitative estimate of drug-likeness (QED) is 0.638. The van der Waals surface area contributed by atoms with Crippen LogP contribution in [0.15, 0.2) is 35.7 Å². The maximum Gasteiger partial charge on any atom is 0.256 e. The van der Waals surface area contributed by atoms with Crippen molar-refractivity contribution in [3.8, 4) is 0 Å². The van der Waals surface area contributed by atoms with Crippen LogP contribution in [0.2, 0.25) is 0 Å². The van der Waals surface area contributed by atoms with E-state index in [9.17, 15) is 14.4 Å². The molecule has 1 aliphatic rings. The highest BCUT2D eigenvalue weighted by Gasteiger charge is 2.26. The Bertz CT molecular complexity index is 931. The molecule has 32 heavy (non-hydrogen) atoms. The second-order valence-electron chi connectivity index (χ2n) is 8.31. The molecule has 3 rings (SSSR count). The number of nitrogens with one attached hydrogen (secondary N) is 2. The predicted molar refractivity (Wildman–Crippen MR) is 128 cm³/mol. The summed E-state index contributed by atoms with van der Waals surface area (Å²) in [5.74, 6) is 0.113. The molecular formula is C24H32N4O3S. The second-order valence-corrected chi connectivity index (χ2v) is 9.23. The molecule has 1 saturated heterocycles. The van der Waals surface area contributed by atoms with Crippen molar-refractivity contribution in [1.82, 2.24) is 15.1 Å². The number of piperazine rings is 1. The summed E-state index contributed by atoms with van der Waals surface area (Å²) in [6, 6.07) is 9.31. The van der Waals surface area contributed by atoms with Crippen LogP contribution in [0, 0.1) is 0 Å². The highest BCUT2D eigenvalue weighted by molar-refractivity contribution is 7.14. The maximum absolute atomic E-state index is 13.1. The molecule has 1 aliphatic heterocycles. The minimum absolute atomic E-state index is 0.0240. The zero-order chi connectivity index (χ0) is 23.1. The number of rotatable bonds is 8. The zero-order valence-corrected chi connectivity index (χ0v) is 19.8. The molecule has 172 valence electrons. The Morgan fingerprint density at radius 1 is 1.03 bits per heavy atom. The number of hydrogen-bond donors (Lipinski definition) is 2. The topological polar surface area (TPSA) is 81.8 Å². The van der Waals surface area contributed by atoms with Crippen LogP contribution in [0.1, 0.15) is 59.4 Å². The van der Waals surface area contributed by atoms with Crippen LogP contribution in [0.25, 0.3) is 0 Å². The van der Waals surface area contributed by atoms with Crippen molar-refractivity contribution >= 4 is 34.1 Å². The van der Waals surface area contributed by atoms with Crippen LogP contribution < -0.4 is 10.6 Å². The van der Waals surface area contributed by atoms with Crippen molar-refractivity contribution in [1.29, 1.82) is 0 Å². The van der Waals surface area contributed by atoms with E-state index in [4.69, 9.17) is 0 Å². The van der Waals surface area contributed by atoms with E-state index in [1.54, 1.807) is 11.0 Å². The lowest BCUT2D eigenvalue weighted by atomic mass is 10.0. The standard InChI is InChI=1S/C24H32N4O3S/c1-4-10-25-21(29)16-27-11-13-28(14-12-27)24(31)20-9-15-32-23(20)26-22(30)19-7-5-18(6-8-19)17(2)3/h5-9,15,17H,4,10-14,16H2,1-3H3,(H,25,29)(H,26,30). The Labute approximate surface area is 193 Å². The van der Waals surface area contributed by atoms with E-state index >= 15 is 0 Å². The first-order chi connectivity index (χ1) is 15.4. The van der Waals surface area contributed by atoms with Gasteiger partial charge in [0.25, 0.3) is 11.8 Å². The summed E-state index contributed by atoms with van der Waals surface area (Å²) in [6.07, 6.45) is 0.913. The number of hydrogen-bond acceptors (Lipinski definition) is 5. The first-order valence-electron chi connectivity index (χ1n) is 11.2. The van der Waals surface area contributed by atoms with Gasteiger partial charge < -0.3 is 15.5 Å². The Morgan fingerprint density at radius 2 is 1.72 bits per heavy atom. The van der Waals surface area contributed by atoms with Gasteiger partial charge in [0.05, 0.1) is 12.1 Å². The summed E-state index contributed by atoms with van der Waals surface area (Å²) in [5, 5.41) is 8.16. The molecule has 8 heteroatoms. The fourth-order valence-corrected chi connectivity index (χ4v) is 4.35. The van der Waals surface area contributed by atoms with Gasteiger partial charge in [0, 0.05) is 38.3 Å². The molecule has 2 aromatic rings. The third-order valence-electron chi connectivity index (χ3n) is 5.56. The van der Waals surface area contributed by atoms with Gasteiger partial charge >= 0.3 is 0 Å². The fourth-order valence-electron chi connectivity index (χ4n) is 3.57. The van der Waals surface area contributed by atoms with E-state index in [2.05, 4.69) is 29.4 Å². The number of amides is 3. The van der Waals surface area contributed by atoms with Crippen molar-refractivity contribution < 1.29 is 14.4 Å². The average molecular weight is 457 g/mol. The first kappa shape index (κ1) is 23.9. The highest BCUT2D eigenvalue weighted by Crippen LogP contribution is 2.26. The molecule has 1 fully saturated rings. The van der Waals surface area contributed by atoms with E-state index in [0.717, 1.165) is 6.42 Å². The van der Waals surface area contributed by atoms with Crippen molar-refractivity contribution in [3.05, 3.63) is 52.4 Å². The van der Waals surface area contributed by atoms with Crippen molar-refractivity contribution in [3.63, 3.8) is 0 Å². The van der Waals surface area contributed by atoms with E-state index in [0.29, 0.717) is 61.3 Å². The number of carbonyl (C=O) groups excluding carboxylic acids is 3. The number of benzene rings is 1. The predicted octanol–water partition coefficient (Wildman–Crippen LogP) is 3.41. The second kappa shape index (κ2) is 11.2. The lowest BCUT2D eigenvalue weighted by molar-refractivity contribution is -0.122. The highest BCUT2D eigenvalue weighted by atomic mass is 32.1.